The number of aromatic nitrogens is 2. The van der Waals surface area contributed by atoms with Crippen LogP contribution in [0.1, 0.15) is 49.5 Å². The minimum absolute atomic E-state index is 0.0311. The van der Waals surface area contributed by atoms with Crippen molar-refractivity contribution in [1.29, 1.82) is 0 Å². The van der Waals surface area contributed by atoms with Gasteiger partial charge in [-0.25, -0.2) is 0 Å². The summed E-state index contributed by atoms with van der Waals surface area (Å²) in [7, 11) is 0. The minimum atomic E-state index is -0.210. The van der Waals surface area contributed by atoms with Gasteiger partial charge >= 0.3 is 0 Å². The van der Waals surface area contributed by atoms with Gasteiger partial charge < -0.3 is 0 Å². The second-order valence-electron chi connectivity index (χ2n) is 9.03. The number of hydrogen-bond donors (Lipinski definition) is 0. The number of benzene rings is 1. The Kier molecular flexibility index (Phi) is 6.20. The van der Waals surface area contributed by atoms with Crippen LogP contribution in [0.2, 0.25) is 5.02 Å². The van der Waals surface area contributed by atoms with Gasteiger partial charge in [0.25, 0.3) is 0 Å². The smallest absolute Gasteiger partial charge is 0.234 e. The average molecular weight is 516 g/mol. The summed E-state index contributed by atoms with van der Waals surface area (Å²) in [5.41, 5.74) is 2.39. The molecule has 1 aliphatic carbocycles. The fraction of sp³-hybridized carbons (Fsp3) is 0.333. The number of hydrogen-bond acceptors (Lipinski definition) is 7. The molecular weight excluding hydrogens is 494 g/mol. The van der Waals surface area contributed by atoms with Crippen molar-refractivity contribution in [3.8, 4) is 0 Å². The molecule has 2 aromatic heterocycles. The van der Waals surface area contributed by atoms with Crippen molar-refractivity contribution in [2.24, 2.45) is 5.41 Å². The van der Waals surface area contributed by atoms with E-state index in [4.69, 9.17) is 11.6 Å². The molecule has 0 saturated heterocycles. The quantitative estimate of drug-likeness (QED) is 0.279. The van der Waals surface area contributed by atoms with E-state index in [1.807, 2.05) is 41.8 Å². The molecular formula is C24H22ClN3O2S3. The van der Waals surface area contributed by atoms with Crippen LogP contribution in [-0.2, 0) is 15.3 Å². The molecule has 9 heteroatoms. The van der Waals surface area contributed by atoms with Crippen LogP contribution in [0.3, 0.4) is 0 Å². The van der Waals surface area contributed by atoms with Crippen LogP contribution < -0.4 is 4.90 Å². The number of rotatable bonds is 5. The largest absolute Gasteiger partial charge is 0.294 e. The van der Waals surface area contributed by atoms with Gasteiger partial charge in [0, 0.05) is 45.7 Å². The maximum absolute atomic E-state index is 13.4. The number of halogens is 1. The normalized spacial score (nSPS) is 20.3. The van der Waals surface area contributed by atoms with Crippen molar-refractivity contribution in [3.63, 3.8) is 0 Å². The molecule has 0 saturated carbocycles. The summed E-state index contributed by atoms with van der Waals surface area (Å²) in [6, 6.07) is 11.7. The van der Waals surface area contributed by atoms with E-state index < -0.39 is 0 Å². The number of anilines is 1. The number of nitrogens with zero attached hydrogens (tertiary/aromatic N) is 3. The first-order valence-electron chi connectivity index (χ1n) is 10.6. The van der Waals surface area contributed by atoms with E-state index in [-0.39, 0.29) is 29.4 Å². The van der Waals surface area contributed by atoms with E-state index in [9.17, 15) is 9.59 Å². The summed E-state index contributed by atoms with van der Waals surface area (Å²) in [5.74, 6) is 0.600. The van der Waals surface area contributed by atoms with Crippen molar-refractivity contribution in [1.82, 2.24) is 10.2 Å². The first kappa shape index (κ1) is 22.8. The van der Waals surface area contributed by atoms with E-state index in [1.54, 1.807) is 28.0 Å². The van der Waals surface area contributed by atoms with E-state index in [2.05, 4.69) is 24.0 Å². The van der Waals surface area contributed by atoms with Gasteiger partial charge in [0.1, 0.15) is 0 Å². The van der Waals surface area contributed by atoms with E-state index in [0.29, 0.717) is 23.7 Å². The minimum Gasteiger partial charge on any atom is -0.294 e. The standard InChI is InChI=1S/C24H22ClN3O2S3/c1-24(2)11-17-21(18(29)12-24)15(19-8-5-9-31-19)10-20(30)28(17)22-26-27-23(33-22)32-13-14-6-3-4-7-16(14)25/h3-9,15H,10-13H2,1-2H3/t15-/m0/s1. The fourth-order valence-electron chi connectivity index (χ4n) is 4.48. The van der Waals surface area contributed by atoms with Crippen LogP contribution in [0.15, 0.2) is 57.4 Å². The highest BCUT2D eigenvalue weighted by atomic mass is 35.5. The van der Waals surface area contributed by atoms with Crippen molar-refractivity contribution in [2.45, 2.75) is 49.1 Å². The number of amides is 1. The molecule has 1 amide bonds. The van der Waals surface area contributed by atoms with Gasteiger partial charge in [-0.1, -0.05) is 72.8 Å². The Labute approximate surface area is 209 Å². The summed E-state index contributed by atoms with van der Waals surface area (Å²) in [6.45, 7) is 4.16. The molecule has 2 aliphatic rings. The van der Waals surface area contributed by atoms with Gasteiger partial charge in [0.15, 0.2) is 10.1 Å². The zero-order chi connectivity index (χ0) is 23.2. The summed E-state index contributed by atoms with van der Waals surface area (Å²) in [6.07, 6.45) is 1.42. The van der Waals surface area contributed by atoms with Crippen LogP contribution in [0.5, 0.6) is 0 Å². The summed E-state index contributed by atoms with van der Waals surface area (Å²) in [4.78, 5) is 29.4. The Morgan fingerprint density at radius 2 is 1.97 bits per heavy atom. The lowest BCUT2D eigenvalue weighted by atomic mass is 9.70. The molecule has 0 radical (unpaired) electrons. The van der Waals surface area contributed by atoms with Gasteiger partial charge in [-0.3, -0.25) is 14.5 Å². The van der Waals surface area contributed by atoms with Crippen molar-refractivity contribution in [3.05, 3.63) is 68.5 Å². The number of thiophene rings is 1. The lowest BCUT2D eigenvalue weighted by Gasteiger charge is -2.41. The van der Waals surface area contributed by atoms with Crippen molar-refractivity contribution in [2.75, 3.05) is 4.90 Å². The number of ketones is 1. The monoisotopic (exact) mass is 515 g/mol. The molecule has 0 spiro atoms. The van der Waals surface area contributed by atoms with Crippen LogP contribution in [0.25, 0.3) is 0 Å². The molecule has 5 rings (SSSR count). The number of Topliss-reactive ketones (excluding diaryl/α,β-unsaturated/α-hetero) is 1. The Balaban J connectivity index is 1.48. The highest BCUT2D eigenvalue weighted by Gasteiger charge is 2.45. The first-order chi connectivity index (χ1) is 15.8. The topological polar surface area (TPSA) is 63.2 Å². The summed E-state index contributed by atoms with van der Waals surface area (Å²) in [5, 5.41) is 11.9. The Hall–Kier alpha value is -2.00. The highest BCUT2D eigenvalue weighted by Crippen LogP contribution is 2.49. The van der Waals surface area contributed by atoms with E-state index >= 15 is 0 Å². The molecule has 0 unspecified atom stereocenters. The first-order valence-corrected chi connectivity index (χ1v) is 13.7. The van der Waals surface area contributed by atoms with E-state index in [0.717, 1.165) is 31.1 Å². The average Bonchev–Trinajstić information content (AvgIpc) is 3.44. The lowest BCUT2D eigenvalue weighted by molar-refractivity contribution is -0.120. The number of carbonyl (C=O) groups excluding carboxylic acids is 2. The van der Waals surface area contributed by atoms with Gasteiger partial charge in [-0.15, -0.1) is 21.5 Å². The summed E-state index contributed by atoms with van der Waals surface area (Å²) < 4.78 is 0.765. The van der Waals surface area contributed by atoms with E-state index in [1.165, 1.54) is 11.3 Å². The third-order valence-electron chi connectivity index (χ3n) is 5.93. The highest BCUT2D eigenvalue weighted by molar-refractivity contribution is 8.00. The third-order valence-corrected chi connectivity index (χ3v) is 9.37. The molecule has 33 heavy (non-hydrogen) atoms. The Morgan fingerprint density at radius 3 is 2.73 bits per heavy atom. The van der Waals surface area contributed by atoms with Crippen molar-refractivity contribution < 1.29 is 9.59 Å². The maximum atomic E-state index is 13.4. The van der Waals surface area contributed by atoms with Gasteiger partial charge in [0.2, 0.25) is 11.0 Å². The number of thioether (sulfide) groups is 1. The zero-order valence-corrected chi connectivity index (χ0v) is 21.4. The number of carbonyl (C=O) groups is 2. The maximum Gasteiger partial charge on any atom is 0.234 e. The van der Waals surface area contributed by atoms with Gasteiger partial charge in [-0.2, -0.15) is 0 Å². The fourth-order valence-corrected chi connectivity index (χ4v) is 7.48. The molecule has 5 nitrogen and oxygen atoms in total. The van der Waals surface area contributed by atoms with Crippen LogP contribution >= 0.6 is 46.0 Å². The van der Waals surface area contributed by atoms with Crippen molar-refractivity contribution >= 4 is 62.9 Å². The molecule has 3 aromatic rings. The molecule has 0 N–H and O–H groups in total. The Bertz CT molecular complexity index is 1250. The van der Waals surface area contributed by atoms with Crippen LogP contribution in [0.4, 0.5) is 5.13 Å². The third kappa shape index (κ3) is 4.54. The predicted molar refractivity (Wildman–Crippen MR) is 135 cm³/mol. The molecule has 3 heterocycles. The lowest BCUT2D eigenvalue weighted by Crippen LogP contribution is -2.43. The molecule has 1 aromatic carbocycles. The van der Waals surface area contributed by atoms with Crippen LogP contribution in [-0.4, -0.2) is 21.9 Å². The summed E-state index contributed by atoms with van der Waals surface area (Å²) >= 11 is 10.8. The second-order valence-corrected chi connectivity index (χ2v) is 12.6. The molecule has 0 fully saturated rings. The van der Waals surface area contributed by atoms with Gasteiger partial charge in [-0.05, 0) is 34.9 Å². The molecule has 0 bridgehead atoms. The molecule has 1 aliphatic heterocycles. The second kappa shape index (κ2) is 8.98. The number of allylic oxidation sites excluding steroid dienone is 2. The molecule has 1 atom stereocenters. The zero-order valence-electron chi connectivity index (χ0n) is 18.2. The predicted octanol–water partition coefficient (Wildman–Crippen LogP) is 6.71. The molecule has 170 valence electrons. The Morgan fingerprint density at radius 1 is 1.15 bits per heavy atom. The SMILES string of the molecule is CC1(C)CC(=O)C2=C(C1)N(c1nnc(SCc3ccccc3Cl)s1)C(=O)C[C@H]2c1cccs1. The van der Waals surface area contributed by atoms with Crippen LogP contribution in [0, 0.1) is 5.41 Å². The van der Waals surface area contributed by atoms with Gasteiger partial charge in [0.05, 0.1) is 0 Å².